The molecule has 0 aromatic rings. The van der Waals surface area contributed by atoms with Gasteiger partial charge in [-0.3, -0.25) is 4.79 Å². The van der Waals surface area contributed by atoms with Crippen molar-refractivity contribution in [1.29, 1.82) is 0 Å². The summed E-state index contributed by atoms with van der Waals surface area (Å²) in [5.41, 5.74) is -0.578. The van der Waals surface area contributed by atoms with E-state index < -0.39 is 8.32 Å². The topological polar surface area (TPSA) is 38.8 Å². The largest absolute Gasteiger partial charge is 0.414 e. The first-order chi connectivity index (χ1) is 10.2. The van der Waals surface area contributed by atoms with Gasteiger partial charge in [0.25, 0.3) is 0 Å². The Balaban J connectivity index is 2.20. The van der Waals surface area contributed by atoms with Gasteiger partial charge in [-0.25, -0.2) is 0 Å². The summed E-state index contributed by atoms with van der Waals surface area (Å²) in [6, 6.07) is 0. The Morgan fingerprint density at radius 3 is 2.22 bits per heavy atom. The summed E-state index contributed by atoms with van der Waals surface area (Å²) in [6.07, 6.45) is 5.78. The first kappa shape index (κ1) is 18.9. The molecule has 0 amide bonds. The number of ether oxygens (including phenoxy) is 1. The van der Waals surface area contributed by atoms with E-state index in [1.807, 2.05) is 6.08 Å². The van der Waals surface area contributed by atoms with E-state index in [1.54, 1.807) is 13.0 Å². The number of fused-ring (bicyclic) bond motifs is 1. The molecule has 3 atom stereocenters. The summed E-state index contributed by atoms with van der Waals surface area (Å²) in [6.45, 7) is 19.7. The molecule has 0 spiro atoms. The van der Waals surface area contributed by atoms with Gasteiger partial charge in [0.15, 0.2) is 14.1 Å². The first-order valence-electron chi connectivity index (χ1n) is 8.74. The van der Waals surface area contributed by atoms with E-state index in [4.69, 9.17) is 9.16 Å². The van der Waals surface area contributed by atoms with Crippen molar-refractivity contribution in [2.45, 2.75) is 96.7 Å². The molecule has 0 N–H and O–H groups in total. The Morgan fingerprint density at radius 2 is 1.78 bits per heavy atom. The van der Waals surface area contributed by atoms with Gasteiger partial charge in [-0.15, -0.1) is 0 Å². The fourth-order valence-corrected chi connectivity index (χ4v) is 5.31. The minimum Gasteiger partial charge on any atom is -0.414 e. The highest BCUT2D eigenvalue weighted by Crippen LogP contribution is 2.66. The monoisotopic (exact) mass is 338 g/mol. The SMILES string of the molecule is CC(=O)C=CC12OC1(C)CC(O[Si](C)(C)C(C)(C)C)CC2(C)C. The third kappa shape index (κ3) is 3.10. The average molecular weight is 339 g/mol. The minimum atomic E-state index is -1.79. The Bertz CT molecular complexity index is 529. The van der Waals surface area contributed by atoms with Crippen LogP contribution in [0, 0.1) is 5.41 Å². The predicted octanol–water partition coefficient (Wildman–Crippen LogP) is 4.87. The zero-order chi connectivity index (χ0) is 17.9. The maximum Gasteiger partial charge on any atom is 0.192 e. The van der Waals surface area contributed by atoms with Gasteiger partial charge in [0.2, 0.25) is 0 Å². The molecule has 2 fully saturated rings. The number of allylic oxidation sites excluding steroid dienone is 1. The lowest BCUT2D eigenvalue weighted by atomic mass is 9.63. The van der Waals surface area contributed by atoms with E-state index in [-0.39, 0.29) is 33.5 Å². The molecule has 1 saturated heterocycles. The number of carbonyl (C=O) groups is 1. The standard InChI is InChI=1S/C19H34O3Si/c1-14(20)10-11-19-17(5,6)12-15(13-18(19,7)22-19)21-23(8,9)16(2,3)4/h10-11,15H,12-13H2,1-9H3. The maximum absolute atomic E-state index is 11.4. The highest BCUT2D eigenvalue weighted by molar-refractivity contribution is 6.74. The van der Waals surface area contributed by atoms with Gasteiger partial charge in [-0.1, -0.05) is 34.6 Å². The zero-order valence-electron chi connectivity index (χ0n) is 16.4. The third-order valence-electron chi connectivity index (χ3n) is 6.31. The van der Waals surface area contributed by atoms with Crippen LogP contribution in [-0.2, 0) is 14.0 Å². The molecule has 2 aliphatic rings. The van der Waals surface area contributed by atoms with Crippen LogP contribution in [0.5, 0.6) is 0 Å². The Kier molecular flexibility index (Phi) is 4.33. The first-order valence-corrected chi connectivity index (χ1v) is 11.6. The van der Waals surface area contributed by atoms with Crippen molar-refractivity contribution >= 4 is 14.1 Å². The molecule has 4 heteroatoms. The molecule has 23 heavy (non-hydrogen) atoms. The highest BCUT2D eigenvalue weighted by Gasteiger charge is 2.75. The third-order valence-corrected chi connectivity index (χ3v) is 10.8. The van der Waals surface area contributed by atoms with Crippen LogP contribution in [0.15, 0.2) is 12.2 Å². The fourth-order valence-electron chi connectivity index (χ4n) is 3.95. The van der Waals surface area contributed by atoms with Crippen molar-refractivity contribution in [1.82, 2.24) is 0 Å². The number of rotatable bonds is 4. The van der Waals surface area contributed by atoms with E-state index in [2.05, 4.69) is 54.6 Å². The second-order valence-corrected chi connectivity index (χ2v) is 14.6. The summed E-state index contributed by atoms with van der Waals surface area (Å²) < 4.78 is 12.9. The molecule has 1 aliphatic carbocycles. The lowest BCUT2D eigenvalue weighted by Crippen LogP contribution is -2.51. The Morgan fingerprint density at radius 1 is 1.22 bits per heavy atom. The van der Waals surface area contributed by atoms with Crippen LogP contribution < -0.4 is 0 Å². The van der Waals surface area contributed by atoms with Gasteiger partial charge in [0.05, 0.1) is 0 Å². The van der Waals surface area contributed by atoms with E-state index in [1.165, 1.54) is 0 Å². The van der Waals surface area contributed by atoms with Gasteiger partial charge in [-0.05, 0) is 50.6 Å². The summed E-state index contributed by atoms with van der Waals surface area (Å²) in [7, 11) is -1.79. The van der Waals surface area contributed by atoms with E-state index in [0.29, 0.717) is 0 Å². The van der Waals surface area contributed by atoms with Gasteiger partial charge in [0.1, 0.15) is 11.2 Å². The van der Waals surface area contributed by atoms with Gasteiger partial charge >= 0.3 is 0 Å². The van der Waals surface area contributed by atoms with Crippen molar-refractivity contribution in [3.63, 3.8) is 0 Å². The normalized spacial score (nSPS) is 36.8. The molecule has 3 nitrogen and oxygen atoms in total. The lowest BCUT2D eigenvalue weighted by molar-refractivity contribution is -0.112. The molecule has 0 bridgehead atoms. The molecule has 1 heterocycles. The molecule has 1 aliphatic heterocycles. The molecule has 0 aromatic carbocycles. The van der Waals surface area contributed by atoms with Crippen LogP contribution in [-0.4, -0.2) is 31.4 Å². The summed E-state index contributed by atoms with van der Waals surface area (Å²) in [5.74, 6) is 0.0765. The summed E-state index contributed by atoms with van der Waals surface area (Å²) in [5, 5.41) is 0.214. The zero-order valence-corrected chi connectivity index (χ0v) is 17.4. The van der Waals surface area contributed by atoms with Crippen LogP contribution in [0.25, 0.3) is 0 Å². The number of epoxide rings is 1. The predicted molar refractivity (Wildman–Crippen MR) is 97.1 cm³/mol. The lowest BCUT2D eigenvalue weighted by Gasteiger charge is -2.45. The number of carbonyl (C=O) groups excluding carboxylic acids is 1. The van der Waals surface area contributed by atoms with E-state index in [9.17, 15) is 4.79 Å². The van der Waals surface area contributed by atoms with E-state index >= 15 is 0 Å². The number of ketones is 1. The van der Waals surface area contributed by atoms with Crippen molar-refractivity contribution in [3.8, 4) is 0 Å². The van der Waals surface area contributed by atoms with E-state index in [0.717, 1.165) is 12.8 Å². The molecule has 0 aromatic heterocycles. The number of hydrogen-bond acceptors (Lipinski definition) is 3. The van der Waals surface area contributed by atoms with Crippen molar-refractivity contribution < 1.29 is 14.0 Å². The van der Waals surface area contributed by atoms with Crippen LogP contribution >= 0.6 is 0 Å². The van der Waals surface area contributed by atoms with Crippen molar-refractivity contribution in [2.75, 3.05) is 0 Å². The molecule has 3 unspecified atom stereocenters. The highest BCUT2D eigenvalue weighted by atomic mass is 28.4. The fraction of sp³-hybridized carbons (Fsp3) is 0.842. The Hall–Kier alpha value is -0.453. The molecule has 0 radical (unpaired) electrons. The van der Waals surface area contributed by atoms with Crippen LogP contribution in [0.4, 0.5) is 0 Å². The minimum absolute atomic E-state index is 0.0427. The molecule has 132 valence electrons. The summed E-state index contributed by atoms with van der Waals surface area (Å²) >= 11 is 0. The van der Waals surface area contributed by atoms with Crippen molar-refractivity contribution in [3.05, 3.63) is 12.2 Å². The van der Waals surface area contributed by atoms with Crippen LogP contribution in [0.3, 0.4) is 0 Å². The quantitative estimate of drug-likeness (QED) is 0.417. The molecular formula is C19H34O3Si. The molecular weight excluding hydrogens is 304 g/mol. The number of hydrogen-bond donors (Lipinski definition) is 0. The van der Waals surface area contributed by atoms with Crippen LogP contribution in [0.1, 0.15) is 61.3 Å². The Labute approximate surface area is 142 Å². The van der Waals surface area contributed by atoms with Crippen molar-refractivity contribution in [2.24, 2.45) is 5.41 Å². The average Bonchev–Trinajstić information content (AvgIpc) is 2.91. The van der Waals surface area contributed by atoms with Crippen LogP contribution in [0.2, 0.25) is 18.1 Å². The summed E-state index contributed by atoms with van der Waals surface area (Å²) in [4.78, 5) is 11.4. The second kappa shape index (κ2) is 5.27. The van der Waals surface area contributed by atoms with Gasteiger partial charge in [0, 0.05) is 17.9 Å². The van der Waals surface area contributed by atoms with Gasteiger partial charge in [-0.2, -0.15) is 0 Å². The molecule has 2 rings (SSSR count). The maximum atomic E-state index is 11.4. The second-order valence-electron chi connectivity index (χ2n) is 9.80. The smallest absolute Gasteiger partial charge is 0.192 e. The molecule has 1 saturated carbocycles. The van der Waals surface area contributed by atoms with Gasteiger partial charge < -0.3 is 9.16 Å².